The molecule has 3 nitrogen and oxygen atoms in total. The maximum Gasteiger partial charge on any atom is 0.0887 e. The van der Waals surface area contributed by atoms with Gasteiger partial charge in [-0.3, -0.25) is 4.98 Å². The molecule has 0 saturated heterocycles. The second kappa shape index (κ2) is 9.06. The molecule has 1 aromatic heterocycles. The zero-order chi connectivity index (χ0) is 13.2. The summed E-state index contributed by atoms with van der Waals surface area (Å²) in [4.78, 5) is 4.41. The fourth-order valence-electron chi connectivity index (χ4n) is 1.60. The number of aromatic nitrogens is 1. The Morgan fingerprint density at radius 1 is 1.28 bits per heavy atom. The summed E-state index contributed by atoms with van der Waals surface area (Å²) < 4.78 is 5.58. The Kier molecular flexibility index (Phi) is 7.62. The Morgan fingerprint density at radius 3 is 2.72 bits per heavy atom. The highest BCUT2D eigenvalue weighted by molar-refractivity contribution is 5.13. The quantitative estimate of drug-likeness (QED) is 0.683. The van der Waals surface area contributed by atoms with Crippen LogP contribution in [-0.4, -0.2) is 17.6 Å². The summed E-state index contributed by atoms with van der Waals surface area (Å²) >= 11 is 0. The molecule has 1 rings (SSSR count). The second-order valence-electron chi connectivity index (χ2n) is 4.95. The van der Waals surface area contributed by atoms with E-state index >= 15 is 0 Å². The minimum absolute atomic E-state index is 0.506. The van der Waals surface area contributed by atoms with Gasteiger partial charge in [-0.2, -0.15) is 0 Å². The van der Waals surface area contributed by atoms with E-state index in [-0.39, 0.29) is 0 Å². The van der Waals surface area contributed by atoms with Crippen LogP contribution in [0.5, 0.6) is 0 Å². The number of nitrogens with zero attached hydrogens (tertiary/aromatic N) is 1. The van der Waals surface area contributed by atoms with Gasteiger partial charge in [-0.05, 0) is 18.1 Å². The van der Waals surface area contributed by atoms with Crippen LogP contribution >= 0.6 is 0 Å². The van der Waals surface area contributed by atoms with Crippen LogP contribution in [0.2, 0.25) is 0 Å². The van der Waals surface area contributed by atoms with E-state index in [4.69, 9.17) is 4.74 Å². The first kappa shape index (κ1) is 15.1. The zero-order valence-corrected chi connectivity index (χ0v) is 11.9. The average Bonchev–Trinajstić information content (AvgIpc) is 2.37. The lowest BCUT2D eigenvalue weighted by atomic mass is 10.2. The van der Waals surface area contributed by atoms with Crippen molar-refractivity contribution >= 4 is 0 Å². The van der Waals surface area contributed by atoms with Gasteiger partial charge in [0.15, 0.2) is 0 Å². The molecular weight excluding hydrogens is 224 g/mol. The molecule has 0 fully saturated rings. The maximum absolute atomic E-state index is 5.58. The summed E-state index contributed by atoms with van der Waals surface area (Å²) in [6, 6.07) is 4.68. The van der Waals surface area contributed by atoms with Crippen molar-refractivity contribution in [2.75, 3.05) is 6.61 Å². The predicted octanol–water partition coefficient (Wildman–Crippen LogP) is 3.29. The van der Waals surface area contributed by atoms with Crippen molar-refractivity contribution in [2.24, 2.45) is 0 Å². The molecule has 1 heterocycles. The lowest BCUT2D eigenvalue weighted by molar-refractivity contribution is 0.114. The van der Waals surface area contributed by atoms with Crippen LogP contribution in [0.25, 0.3) is 0 Å². The van der Waals surface area contributed by atoms with E-state index in [0.717, 1.165) is 25.3 Å². The molecule has 0 unspecified atom stereocenters. The zero-order valence-electron chi connectivity index (χ0n) is 11.9. The molecule has 3 heteroatoms. The van der Waals surface area contributed by atoms with Crippen LogP contribution in [0, 0.1) is 0 Å². The minimum atomic E-state index is 0.506. The Hall–Kier alpha value is -0.930. The van der Waals surface area contributed by atoms with E-state index in [1.807, 2.05) is 6.20 Å². The summed E-state index contributed by atoms with van der Waals surface area (Å²) in [5.74, 6) is 0. The van der Waals surface area contributed by atoms with Gasteiger partial charge < -0.3 is 10.1 Å². The Labute approximate surface area is 111 Å². The van der Waals surface area contributed by atoms with Gasteiger partial charge in [0.05, 0.1) is 12.3 Å². The summed E-state index contributed by atoms with van der Waals surface area (Å²) in [5.41, 5.74) is 2.23. The van der Waals surface area contributed by atoms with Gasteiger partial charge in [0.1, 0.15) is 0 Å². The largest absolute Gasteiger partial charge is 0.375 e. The van der Waals surface area contributed by atoms with Crippen LogP contribution in [-0.2, 0) is 17.9 Å². The Bertz CT molecular complexity index is 309. The molecule has 0 aliphatic heterocycles. The van der Waals surface area contributed by atoms with Gasteiger partial charge in [0, 0.05) is 25.4 Å². The SMILES string of the molecule is CCCCCOCc1ccc(CNC(C)C)cn1. The smallest absolute Gasteiger partial charge is 0.0887 e. The minimum Gasteiger partial charge on any atom is -0.375 e. The predicted molar refractivity (Wildman–Crippen MR) is 75.4 cm³/mol. The third kappa shape index (κ3) is 6.72. The molecule has 0 spiro atoms. The van der Waals surface area contributed by atoms with E-state index in [0.29, 0.717) is 12.6 Å². The van der Waals surface area contributed by atoms with Crippen molar-refractivity contribution in [3.63, 3.8) is 0 Å². The Morgan fingerprint density at radius 2 is 2.11 bits per heavy atom. The highest BCUT2D eigenvalue weighted by atomic mass is 16.5. The van der Waals surface area contributed by atoms with E-state index < -0.39 is 0 Å². The molecular formula is C15H26N2O. The van der Waals surface area contributed by atoms with E-state index in [1.165, 1.54) is 18.4 Å². The van der Waals surface area contributed by atoms with Gasteiger partial charge in [-0.25, -0.2) is 0 Å². The number of pyridine rings is 1. The van der Waals surface area contributed by atoms with Gasteiger partial charge >= 0.3 is 0 Å². The summed E-state index contributed by atoms with van der Waals surface area (Å²) in [6.45, 7) is 8.83. The van der Waals surface area contributed by atoms with Crippen molar-refractivity contribution in [3.05, 3.63) is 29.6 Å². The van der Waals surface area contributed by atoms with E-state index in [1.54, 1.807) is 0 Å². The van der Waals surface area contributed by atoms with E-state index in [9.17, 15) is 0 Å². The standard InChI is InChI=1S/C15H26N2O/c1-4-5-6-9-18-12-15-8-7-14(11-17-15)10-16-13(2)3/h7-8,11,13,16H,4-6,9-10,12H2,1-3H3. The molecule has 0 aromatic carbocycles. The molecule has 0 radical (unpaired) electrons. The number of ether oxygens (including phenoxy) is 1. The van der Waals surface area contributed by atoms with Gasteiger partial charge in [-0.1, -0.05) is 39.7 Å². The number of rotatable bonds is 9. The lowest BCUT2D eigenvalue weighted by Gasteiger charge is -2.08. The molecule has 0 aliphatic carbocycles. The van der Waals surface area contributed by atoms with Crippen LogP contribution in [0.3, 0.4) is 0 Å². The molecule has 102 valence electrons. The molecule has 0 aliphatic rings. The first-order chi connectivity index (χ1) is 8.72. The van der Waals surface area contributed by atoms with Gasteiger partial charge in [0.25, 0.3) is 0 Å². The molecule has 0 atom stereocenters. The molecule has 0 bridgehead atoms. The molecule has 0 amide bonds. The van der Waals surface area contributed by atoms with Crippen LogP contribution in [0.1, 0.15) is 51.3 Å². The summed E-state index contributed by atoms with van der Waals surface area (Å²) in [6.07, 6.45) is 5.55. The van der Waals surface area contributed by atoms with Crippen molar-refractivity contribution in [3.8, 4) is 0 Å². The highest BCUT2D eigenvalue weighted by Gasteiger charge is 1.98. The monoisotopic (exact) mass is 250 g/mol. The van der Waals surface area contributed by atoms with Crippen molar-refractivity contribution < 1.29 is 4.74 Å². The van der Waals surface area contributed by atoms with Crippen molar-refractivity contribution in [1.29, 1.82) is 0 Å². The summed E-state index contributed by atoms with van der Waals surface area (Å²) in [7, 11) is 0. The summed E-state index contributed by atoms with van der Waals surface area (Å²) in [5, 5.41) is 3.38. The molecule has 0 saturated carbocycles. The first-order valence-electron chi connectivity index (χ1n) is 6.97. The highest BCUT2D eigenvalue weighted by Crippen LogP contribution is 2.03. The normalized spacial score (nSPS) is 11.1. The number of hydrogen-bond donors (Lipinski definition) is 1. The average molecular weight is 250 g/mol. The van der Waals surface area contributed by atoms with Crippen molar-refractivity contribution in [1.82, 2.24) is 10.3 Å². The third-order valence-electron chi connectivity index (χ3n) is 2.74. The van der Waals surface area contributed by atoms with Crippen LogP contribution < -0.4 is 5.32 Å². The number of nitrogens with one attached hydrogen (secondary N) is 1. The van der Waals surface area contributed by atoms with Crippen LogP contribution in [0.4, 0.5) is 0 Å². The van der Waals surface area contributed by atoms with Crippen LogP contribution in [0.15, 0.2) is 18.3 Å². The van der Waals surface area contributed by atoms with Gasteiger partial charge in [-0.15, -0.1) is 0 Å². The molecule has 1 N–H and O–H groups in total. The third-order valence-corrected chi connectivity index (χ3v) is 2.74. The van der Waals surface area contributed by atoms with E-state index in [2.05, 4.69) is 43.2 Å². The second-order valence-corrected chi connectivity index (χ2v) is 4.95. The fourth-order valence-corrected chi connectivity index (χ4v) is 1.60. The van der Waals surface area contributed by atoms with Gasteiger partial charge in [0.2, 0.25) is 0 Å². The fraction of sp³-hybridized carbons (Fsp3) is 0.667. The van der Waals surface area contributed by atoms with Crippen molar-refractivity contribution in [2.45, 2.75) is 59.2 Å². The lowest BCUT2D eigenvalue weighted by Crippen LogP contribution is -2.21. The maximum atomic E-state index is 5.58. The Balaban J connectivity index is 2.23. The molecule has 18 heavy (non-hydrogen) atoms. The first-order valence-corrected chi connectivity index (χ1v) is 6.97. The topological polar surface area (TPSA) is 34.1 Å². The number of hydrogen-bond acceptors (Lipinski definition) is 3. The number of unbranched alkanes of at least 4 members (excludes halogenated alkanes) is 2. The molecule has 1 aromatic rings.